The Kier molecular flexibility index (Phi) is 3.37. The topological polar surface area (TPSA) is 62.0 Å². The summed E-state index contributed by atoms with van der Waals surface area (Å²) < 4.78 is 0. The summed E-state index contributed by atoms with van der Waals surface area (Å²) in [6.07, 6.45) is 2.45. The van der Waals surface area contributed by atoms with Crippen molar-refractivity contribution in [3.8, 4) is 5.75 Å². The summed E-state index contributed by atoms with van der Waals surface area (Å²) in [6.45, 7) is 3.69. The molecule has 18 heavy (non-hydrogen) atoms. The van der Waals surface area contributed by atoms with Crippen molar-refractivity contribution in [2.45, 2.75) is 20.3 Å². The zero-order chi connectivity index (χ0) is 13.1. The van der Waals surface area contributed by atoms with Crippen molar-refractivity contribution in [3.63, 3.8) is 0 Å². The van der Waals surface area contributed by atoms with Crippen molar-refractivity contribution >= 4 is 28.4 Å². The Hall–Kier alpha value is -2.23. The third-order valence-corrected chi connectivity index (χ3v) is 2.87. The number of phenolic OH excluding ortho intramolecular Hbond substituents is 1. The zero-order valence-electron chi connectivity index (χ0n) is 10.3. The van der Waals surface area contributed by atoms with Crippen LogP contribution in [-0.4, -0.2) is 11.3 Å². The van der Waals surface area contributed by atoms with Gasteiger partial charge in [0.05, 0.1) is 5.69 Å². The van der Waals surface area contributed by atoms with Crippen molar-refractivity contribution in [1.82, 2.24) is 0 Å². The number of rotatable bonds is 3. The number of aliphatic imine (C=N–C) groups is 1. The van der Waals surface area contributed by atoms with Crippen molar-refractivity contribution in [2.24, 2.45) is 10.2 Å². The van der Waals surface area contributed by atoms with Gasteiger partial charge in [-0.1, -0.05) is 31.2 Å². The fourth-order valence-corrected chi connectivity index (χ4v) is 1.95. The predicted octanol–water partition coefficient (Wildman–Crippen LogP) is 4.36. The number of hydrogen-bond donors (Lipinski definition) is 1. The van der Waals surface area contributed by atoms with Crippen molar-refractivity contribution < 1.29 is 5.11 Å². The minimum Gasteiger partial charge on any atom is -0.507 e. The maximum absolute atomic E-state index is 11.1. The van der Waals surface area contributed by atoms with E-state index < -0.39 is 0 Å². The van der Waals surface area contributed by atoms with E-state index in [2.05, 4.69) is 10.2 Å². The number of nitrogens with zero attached hydrogens (tertiary/aromatic N) is 2. The number of phenols is 1. The average Bonchev–Trinajstić information content (AvgIpc) is 2.41. The highest BCUT2D eigenvalue weighted by Gasteiger charge is 2.16. The monoisotopic (exact) mass is 242 g/mol. The Morgan fingerprint density at radius 3 is 2.50 bits per heavy atom. The maximum atomic E-state index is 11.1. The quantitative estimate of drug-likeness (QED) is 0.641. The second kappa shape index (κ2) is 4.96. The van der Waals surface area contributed by atoms with E-state index in [-0.39, 0.29) is 11.4 Å². The first kappa shape index (κ1) is 12.2. The molecule has 0 radical (unpaired) electrons. The van der Waals surface area contributed by atoms with Crippen LogP contribution in [0.1, 0.15) is 18.9 Å². The standard InChI is InChI=1S/C14H14N2O2/c1-3-8-15-12-9(2)14(17)11-7-5-4-6-10(11)13(12)16-18/h4-8,17H,3H2,1-2H3. The van der Waals surface area contributed by atoms with E-state index in [1.54, 1.807) is 31.3 Å². The van der Waals surface area contributed by atoms with Gasteiger partial charge < -0.3 is 5.11 Å². The lowest BCUT2D eigenvalue weighted by Crippen LogP contribution is -1.83. The van der Waals surface area contributed by atoms with E-state index in [9.17, 15) is 10.0 Å². The minimum absolute atomic E-state index is 0.154. The fraction of sp³-hybridized carbons (Fsp3) is 0.214. The van der Waals surface area contributed by atoms with Crippen LogP contribution in [0.25, 0.3) is 10.8 Å². The highest BCUT2D eigenvalue weighted by molar-refractivity contribution is 6.03. The molecule has 0 saturated carbocycles. The summed E-state index contributed by atoms with van der Waals surface area (Å²) in [4.78, 5) is 15.3. The van der Waals surface area contributed by atoms with E-state index in [1.807, 2.05) is 13.0 Å². The summed E-state index contributed by atoms with van der Waals surface area (Å²) in [5.41, 5.74) is 1.31. The normalized spacial score (nSPS) is 11.2. The highest BCUT2D eigenvalue weighted by atomic mass is 16.3. The van der Waals surface area contributed by atoms with Gasteiger partial charge in [-0.05, 0) is 18.5 Å². The molecule has 4 nitrogen and oxygen atoms in total. The Balaban J connectivity index is 2.88. The van der Waals surface area contributed by atoms with Gasteiger partial charge >= 0.3 is 0 Å². The first-order chi connectivity index (χ1) is 8.70. The summed E-state index contributed by atoms with van der Waals surface area (Å²) in [6, 6.07) is 7.14. The number of fused-ring (bicyclic) bond motifs is 1. The molecule has 2 aromatic carbocycles. The van der Waals surface area contributed by atoms with Crippen LogP contribution in [0.2, 0.25) is 0 Å². The van der Waals surface area contributed by atoms with Gasteiger partial charge in [-0.15, -0.1) is 4.91 Å². The third-order valence-electron chi connectivity index (χ3n) is 2.87. The molecule has 0 atom stereocenters. The second-order valence-electron chi connectivity index (χ2n) is 4.03. The largest absolute Gasteiger partial charge is 0.507 e. The molecule has 2 aromatic rings. The molecule has 0 spiro atoms. The lowest BCUT2D eigenvalue weighted by Gasteiger charge is -2.10. The number of hydrogen-bond acceptors (Lipinski definition) is 4. The Morgan fingerprint density at radius 2 is 1.89 bits per heavy atom. The summed E-state index contributed by atoms with van der Waals surface area (Å²) in [5.74, 6) is 0.154. The smallest absolute Gasteiger partial charge is 0.141 e. The fourth-order valence-electron chi connectivity index (χ4n) is 1.95. The molecular weight excluding hydrogens is 228 g/mol. The molecule has 0 fully saturated rings. The van der Waals surface area contributed by atoms with Gasteiger partial charge in [0.25, 0.3) is 0 Å². The number of nitroso groups, excluding NO2 is 1. The van der Waals surface area contributed by atoms with Crippen molar-refractivity contribution in [3.05, 3.63) is 34.7 Å². The van der Waals surface area contributed by atoms with Crippen LogP contribution in [0.4, 0.5) is 11.4 Å². The second-order valence-corrected chi connectivity index (χ2v) is 4.03. The van der Waals surface area contributed by atoms with Gasteiger partial charge in [0.1, 0.15) is 11.4 Å². The van der Waals surface area contributed by atoms with Crippen LogP contribution in [0, 0.1) is 11.8 Å². The predicted molar refractivity (Wildman–Crippen MR) is 74.2 cm³/mol. The SMILES string of the molecule is CCC=Nc1c(C)c(O)c2ccccc2c1N=O. The lowest BCUT2D eigenvalue weighted by molar-refractivity contribution is 0.478. The van der Waals surface area contributed by atoms with Gasteiger partial charge in [0.2, 0.25) is 0 Å². The van der Waals surface area contributed by atoms with Gasteiger partial charge in [-0.25, -0.2) is 0 Å². The zero-order valence-corrected chi connectivity index (χ0v) is 10.3. The maximum Gasteiger partial charge on any atom is 0.141 e. The minimum atomic E-state index is 0.154. The first-order valence-electron chi connectivity index (χ1n) is 5.80. The van der Waals surface area contributed by atoms with E-state index in [4.69, 9.17) is 0 Å². The molecule has 0 saturated heterocycles. The molecule has 0 amide bonds. The molecule has 0 aliphatic carbocycles. The van der Waals surface area contributed by atoms with E-state index in [0.29, 0.717) is 22.0 Å². The molecule has 4 heteroatoms. The van der Waals surface area contributed by atoms with Crippen molar-refractivity contribution in [1.29, 1.82) is 0 Å². The summed E-state index contributed by atoms with van der Waals surface area (Å²) in [7, 11) is 0. The highest BCUT2D eigenvalue weighted by Crippen LogP contribution is 2.44. The molecule has 2 rings (SSSR count). The average molecular weight is 242 g/mol. The molecule has 0 aromatic heterocycles. The van der Waals surface area contributed by atoms with E-state index >= 15 is 0 Å². The Bertz CT molecular complexity index is 633. The van der Waals surface area contributed by atoms with Crippen molar-refractivity contribution in [2.75, 3.05) is 0 Å². The van der Waals surface area contributed by atoms with Gasteiger partial charge in [-0.2, -0.15) is 0 Å². The molecule has 1 N–H and O–H groups in total. The van der Waals surface area contributed by atoms with Gasteiger partial charge in [0.15, 0.2) is 0 Å². The molecule has 92 valence electrons. The van der Waals surface area contributed by atoms with E-state index in [1.165, 1.54) is 0 Å². The van der Waals surface area contributed by atoms with Gasteiger partial charge in [0, 0.05) is 22.6 Å². The van der Waals surface area contributed by atoms with Crippen LogP contribution < -0.4 is 0 Å². The third kappa shape index (κ3) is 1.86. The Morgan fingerprint density at radius 1 is 1.22 bits per heavy atom. The molecule has 0 heterocycles. The molecule has 0 bridgehead atoms. The van der Waals surface area contributed by atoms with Crippen LogP contribution in [0.15, 0.2) is 34.4 Å². The summed E-state index contributed by atoms with van der Waals surface area (Å²) >= 11 is 0. The first-order valence-corrected chi connectivity index (χ1v) is 5.80. The number of aromatic hydroxyl groups is 1. The van der Waals surface area contributed by atoms with E-state index in [0.717, 1.165) is 6.42 Å². The van der Waals surface area contributed by atoms with Crippen LogP contribution in [-0.2, 0) is 0 Å². The van der Waals surface area contributed by atoms with Gasteiger partial charge in [-0.3, -0.25) is 4.99 Å². The molecule has 0 unspecified atom stereocenters. The Labute approximate surface area is 105 Å². The van der Waals surface area contributed by atoms with Crippen LogP contribution in [0.3, 0.4) is 0 Å². The molecule has 0 aliphatic rings. The number of benzene rings is 2. The molecule has 0 aliphatic heterocycles. The van der Waals surface area contributed by atoms with Crippen LogP contribution in [0.5, 0.6) is 5.75 Å². The van der Waals surface area contributed by atoms with Crippen LogP contribution >= 0.6 is 0 Å². The molecular formula is C14H14N2O2. The summed E-state index contributed by atoms with van der Waals surface area (Å²) in [5, 5.41) is 14.5. The lowest BCUT2D eigenvalue weighted by atomic mass is 10.0.